The zero-order valence-electron chi connectivity index (χ0n) is 43.3. The molecule has 0 aliphatic heterocycles. The minimum atomic E-state index is -0.164. The van der Waals surface area contributed by atoms with Gasteiger partial charge in [-0.05, 0) is 133 Å². The maximum atomic E-state index is 6.15. The summed E-state index contributed by atoms with van der Waals surface area (Å²) in [5, 5.41) is 7.24. The second-order valence-corrected chi connectivity index (χ2v) is 23.3. The summed E-state index contributed by atoms with van der Waals surface area (Å²) >= 11 is 0. The summed E-state index contributed by atoms with van der Waals surface area (Å²) in [7, 11) is 0. The predicted octanol–water partition coefficient (Wildman–Crippen LogP) is 17.8. The van der Waals surface area contributed by atoms with Crippen LogP contribution in [0.15, 0.2) is 200 Å². The van der Waals surface area contributed by atoms with E-state index in [1.165, 1.54) is 99.1 Å². The third kappa shape index (κ3) is 5.16. The molecule has 0 radical (unpaired) electrons. The monoisotopic (exact) mass is 973 g/mol. The molecule has 14 aromatic rings. The van der Waals surface area contributed by atoms with Crippen molar-refractivity contribution in [2.24, 2.45) is 0 Å². The lowest BCUT2D eigenvalue weighted by molar-refractivity contribution is 0.661. The van der Waals surface area contributed by atoms with Crippen molar-refractivity contribution in [3.63, 3.8) is 0 Å². The highest BCUT2D eigenvalue weighted by Gasteiger charge is 2.40. The Kier molecular flexibility index (Phi) is 7.91. The van der Waals surface area contributed by atoms with E-state index in [2.05, 4.69) is 255 Å². The van der Waals surface area contributed by atoms with Gasteiger partial charge < -0.3 is 4.57 Å². The fraction of sp³-hybridized carbons (Fsp3) is 0.127. The first-order valence-electron chi connectivity index (χ1n) is 26.8. The van der Waals surface area contributed by atoms with Gasteiger partial charge in [-0.1, -0.05) is 175 Å². The summed E-state index contributed by atoms with van der Waals surface area (Å²) in [6.07, 6.45) is 0. The van der Waals surface area contributed by atoms with Gasteiger partial charge in [-0.15, -0.1) is 0 Å². The minimum absolute atomic E-state index is 0.133. The van der Waals surface area contributed by atoms with Gasteiger partial charge >= 0.3 is 0 Å². The van der Waals surface area contributed by atoms with E-state index in [-0.39, 0.29) is 16.2 Å². The molecule has 0 amide bonds. The van der Waals surface area contributed by atoms with Gasteiger partial charge in [-0.3, -0.25) is 9.13 Å². The molecule has 360 valence electrons. The summed E-state index contributed by atoms with van der Waals surface area (Å²) in [5.74, 6) is 1.56. The van der Waals surface area contributed by atoms with E-state index in [1.54, 1.807) is 0 Å². The first-order chi connectivity index (χ1) is 37.0. The van der Waals surface area contributed by atoms with Gasteiger partial charge in [0.1, 0.15) is 5.52 Å². The van der Waals surface area contributed by atoms with Crippen LogP contribution in [0.4, 0.5) is 0 Å². The fourth-order valence-corrected chi connectivity index (χ4v) is 14.7. The second kappa shape index (κ2) is 14.2. The van der Waals surface area contributed by atoms with Gasteiger partial charge in [0, 0.05) is 48.6 Å². The number of hydrogen-bond donors (Lipinski definition) is 0. The van der Waals surface area contributed by atoms with Crippen LogP contribution in [0, 0.1) is 0 Å². The molecule has 5 heteroatoms. The predicted molar refractivity (Wildman–Crippen MR) is 315 cm³/mol. The molecular weight excluding hydrogens is 923 g/mol. The van der Waals surface area contributed by atoms with Crippen molar-refractivity contribution in [3.05, 3.63) is 234 Å². The molecule has 4 aromatic heterocycles. The fourth-order valence-electron chi connectivity index (χ4n) is 14.7. The van der Waals surface area contributed by atoms with Crippen LogP contribution in [-0.2, 0) is 16.2 Å². The second-order valence-electron chi connectivity index (χ2n) is 23.3. The Labute approximate surface area is 440 Å². The van der Waals surface area contributed by atoms with Gasteiger partial charge in [-0.25, -0.2) is 9.97 Å². The first-order valence-corrected chi connectivity index (χ1v) is 26.8. The van der Waals surface area contributed by atoms with Gasteiger partial charge in [0.25, 0.3) is 0 Å². The standard InChI is InChI=1S/C71H51N5/c1-69(2)52-26-13-7-20-40(52)46-37-63-49(34-55(46)69)43-23-10-16-30-59(43)74(63)62-33-19-29-58-66(62)73-68(76-61-32-18-12-25-45(61)51-36-57-48(39-65(51)76)42-22-9-15-28-54(42)71(57,5)6)67(72-58)75-60-31-17-11-24-44(60)50-35-56-47(38-64(50)75)41-21-8-14-27-53(41)70(56,3)4/h7-39H,1-6H3. The van der Waals surface area contributed by atoms with Crippen LogP contribution in [-0.4, -0.2) is 23.7 Å². The van der Waals surface area contributed by atoms with E-state index < -0.39 is 0 Å². The molecule has 5 nitrogen and oxygen atoms in total. The molecule has 76 heavy (non-hydrogen) atoms. The normalized spacial score (nSPS) is 15.3. The van der Waals surface area contributed by atoms with E-state index in [0.29, 0.717) is 0 Å². The highest BCUT2D eigenvalue weighted by atomic mass is 15.2. The molecule has 0 unspecified atom stereocenters. The highest BCUT2D eigenvalue weighted by molar-refractivity contribution is 6.15. The van der Waals surface area contributed by atoms with Crippen molar-refractivity contribution in [2.45, 2.75) is 57.8 Å². The van der Waals surface area contributed by atoms with Crippen LogP contribution in [0.5, 0.6) is 0 Å². The Morgan fingerprint density at radius 1 is 0.276 bits per heavy atom. The Morgan fingerprint density at radius 3 is 1.07 bits per heavy atom. The SMILES string of the molecule is CC1(C)c2ccccc2-c2cc3c(cc21)c1ccccc1n3-c1nc2cccc(-n3c4ccccc4c4cc5c(cc43)-c3ccccc3C5(C)C)c2nc1-n1c2ccccc2c2cc3c(cc21)-c1ccccc1C3(C)C. The zero-order valence-corrected chi connectivity index (χ0v) is 43.3. The summed E-state index contributed by atoms with van der Waals surface area (Å²) in [6.45, 7) is 14.2. The van der Waals surface area contributed by atoms with Crippen LogP contribution in [0.2, 0.25) is 0 Å². The number of aromatic nitrogens is 5. The van der Waals surface area contributed by atoms with Crippen LogP contribution in [0.25, 0.3) is 127 Å². The van der Waals surface area contributed by atoms with Gasteiger partial charge in [-0.2, -0.15) is 0 Å². The molecular formula is C71H51N5. The summed E-state index contributed by atoms with van der Waals surface area (Å²) in [6, 6.07) is 74.9. The van der Waals surface area contributed by atoms with Gasteiger partial charge in [0.05, 0.1) is 44.3 Å². The number of benzene rings is 10. The van der Waals surface area contributed by atoms with E-state index in [1.807, 2.05) is 0 Å². The molecule has 0 saturated carbocycles. The molecule has 3 aliphatic carbocycles. The maximum Gasteiger partial charge on any atom is 0.182 e. The Morgan fingerprint density at radius 2 is 0.632 bits per heavy atom. The van der Waals surface area contributed by atoms with Crippen molar-refractivity contribution in [1.82, 2.24) is 23.7 Å². The minimum Gasteiger partial charge on any atom is -0.307 e. The maximum absolute atomic E-state index is 6.15. The van der Waals surface area contributed by atoms with Gasteiger partial charge in [0.2, 0.25) is 0 Å². The lowest BCUT2D eigenvalue weighted by Crippen LogP contribution is -2.15. The van der Waals surface area contributed by atoms with E-state index >= 15 is 0 Å². The van der Waals surface area contributed by atoms with Gasteiger partial charge in [0.15, 0.2) is 11.6 Å². The van der Waals surface area contributed by atoms with Crippen molar-refractivity contribution in [3.8, 4) is 50.7 Å². The number of para-hydroxylation sites is 4. The topological polar surface area (TPSA) is 40.6 Å². The number of nitrogens with zero attached hydrogens (tertiary/aromatic N) is 5. The molecule has 10 aromatic carbocycles. The van der Waals surface area contributed by atoms with E-state index in [4.69, 9.17) is 9.97 Å². The first kappa shape index (κ1) is 42.3. The molecule has 3 aliphatic rings. The van der Waals surface area contributed by atoms with Crippen molar-refractivity contribution < 1.29 is 0 Å². The molecule has 0 spiro atoms. The van der Waals surface area contributed by atoms with Crippen LogP contribution in [0.3, 0.4) is 0 Å². The molecule has 17 rings (SSSR count). The molecule has 0 saturated heterocycles. The van der Waals surface area contributed by atoms with Crippen LogP contribution >= 0.6 is 0 Å². The largest absolute Gasteiger partial charge is 0.307 e. The Bertz CT molecular complexity index is 4970. The summed E-state index contributed by atoms with van der Waals surface area (Å²) in [5.41, 5.74) is 24.7. The van der Waals surface area contributed by atoms with Crippen LogP contribution < -0.4 is 0 Å². The highest BCUT2D eigenvalue weighted by Crippen LogP contribution is 2.55. The smallest absolute Gasteiger partial charge is 0.182 e. The average molecular weight is 974 g/mol. The zero-order chi connectivity index (χ0) is 50.7. The number of rotatable bonds is 3. The third-order valence-electron chi connectivity index (χ3n) is 18.4. The van der Waals surface area contributed by atoms with Crippen molar-refractivity contribution in [1.29, 1.82) is 0 Å². The van der Waals surface area contributed by atoms with Crippen molar-refractivity contribution >= 4 is 76.5 Å². The lowest BCUT2D eigenvalue weighted by Gasteiger charge is -2.22. The molecule has 4 heterocycles. The summed E-state index contributed by atoms with van der Waals surface area (Å²) < 4.78 is 7.31. The summed E-state index contributed by atoms with van der Waals surface area (Å²) in [4.78, 5) is 12.1. The Balaban J connectivity index is 1.03. The molecule has 0 fully saturated rings. The molecule has 0 atom stereocenters. The average Bonchev–Trinajstić information content (AvgIpc) is 4.29. The van der Waals surface area contributed by atoms with E-state index in [0.717, 1.165) is 61.5 Å². The van der Waals surface area contributed by atoms with E-state index in [9.17, 15) is 0 Å². The molecule has 0 bridgehead atoms. The number of hydrogen-bond acceptors (Lipinski definition) is 2. The Hall–Kier alpha value is -9.06. The van der Waals surface area contributed by atoms with Crippen LogP contribution in [0.1, 0.15) is 74.9 Å². The third-order valence-corrected chi connectivity index (χ3v) is 18.4. The lowest BCUT2D eigenvalue weighted by atomic mass is 9.82. The molecule has 0 N–H and O–H groups in total. The van der Waals surface area contributed by atoms with Crippen molar-refractivity contribution in [2.75, 3.05) is 0 Å². The quantitative estimate of drug-likeness (QED) is 0.177. The number of fused-ring (bicyclic) bond motifs is 19.